The number of hydrogen-bond donors (Lipinski definition) is 3. The van der Waals surface area contributed by atoms with E-state index in [0.29, 0.717) is 24.5 Å². The average molecular weight is 477 g/mol. The van der Waals surface area contributed by atoms with E-state index >= 15 is 0 Å². The van der Waals surface area contributed by atoms with Gasteiger partial charge in [-0.2, -0.15) is 4.31 Å². The first-order valence-electron chi connectivity index (χ1n) is 10.6. The van der Waals surface area contributed by atoms with Crippen molar-refractivity contribution in [3.8, 4) is 0 Å². The molecule has 2 aromatic carbocycles. The van der Waals surface area contributed by atoms with Crippen molar-refractivity contribution in [3.05, 3.63) is 53.1 Å². The summed E-state index contributed by atoms with van der Waals surface area (Å²) in [4.78, 5) is 24.5. The van der Waals surface area contributed by atoms with Crippen LogP contribution in [0.2, 0.25) is 5.02 Å². The Balaban J connectivity index is 1.44. The fourth-order valence-electron chi connectivity index (χ4n) is 3.51. The van der Waals surface area contributed by atoms with Gasteiger partial charge in [0.15, 0.2) is 0 Å². The molecule has 2 aromatic rings. The number of sulfonamides is 1. The van der Waals surface area contributed by atoms with Gasteiger partial charge < -0.3 is 16.0 Å². The molecule has 2 aliphatic rings. The lowest BCUT2D eigenvalue weighted by Gasteiger charge is -2.26. The molecule has 3 amide bonds. The van der Waals surface area contributed by atoms with E-state index in [2.05, 4.69) is 16.0 Å². The third-order valence-electron chi connectivity index (χ3n) is 5.44. The van der Waals surface area contributed by atoms with Crippen molar-refractivity contribution >= 4 is 44.9 Å². The molecule has 1 saturated carbocycles. The normalized spacial score (nSPS) is 16.9. The van der Waals surface area contributed by atoms with Gasteiger partial charge >= 0.3 is 6.03 Å². The Morgan fingerprint density at radius 3 is 2.16 bits per heavy atom. The Hall–Kier alpha value is -2.62. The summed E-state index contributed by atoms with van der Waals surface area (Å²) in [5, 5.41) is 8.40. The summed E-state index contributed by atoms with van der Waals surface area (Å²) >= 11 is 6.18. The van der Waals surface area contributed by atoms with Crippen LogP contribution in [-0.4, -0.2) is 43.8 Å². The number of nitrogens with zero attached hydrogens (tertiary/aromatic N) is 1. The van der Waals surface area contributed by atoms with Gasteiger partial charge in [-0.3, -0.25) is 4.79 Å². The summed E-state index contributed by atoms with van der Waals surface area (Å²) in [5.74, 6) is -0.455. The molecule has 8 nitrogen and oxygen atoms in total. The molecule has 0 unspecified atom stereocenters. The quantitative estimate of drug-likeness (QED) is 0.584. The highest BCUT2D eigenvalue weighted by Crippen LogP contribution is 2.28. The summed E-state index contributed by atoms with van der Waals surface area (Å²) in [6.45, 7) is 0.905. The summed E-state index contributed by atoms with van der Waals surface area (Å²) in [7, 11) is -3.77. The molecule has 0 bridgehead atoms. The maximum absolute atomic E-state index is 13.0. The zero-order valence-electron chi connectivity index (χ0n) is 17.4. The van der Waals surface area contributed by atoms with E-state index in [4.69, 9.17) is 11.6 Å². The van der Waals surface area contributed by atoms with E-state index in [0.717, 1.165) is 32.1 Å². The first kappa shape index (κ1) is 22.6. The largest absolute Gasteiger partial charge is 0.335 e. The summed E-state index contributed by atoms with van der Waals surface area (Å²) in [6.07, 6.45) is 4.63. The number of halogens is 1. The second-order valence-corrected chi connectivity index (χ2v) is 10.3. The first-order valence-corrected chi connectivity index (χ1v) is 12.4. The third-order valence-corrected chi connectivity index (χ3v) is 7.82. The van der Waals surface area contributed by atoms with Crippen LogP contribution < -0.4 is 16.0 Å². The number of nitrogens with one attached hydrogen (secondary N) is 3. The van der Waals surface area contributed by atoms with E-state index in [9.17, 15) is 18.0 Å². The molecule has 1 saturated heterocycles. The molecule has 1 heterocycles. The van der Waals surface area contributed by atoms with Crippen LogP contribution in [-0.2, 0) is 10.0 Å². The van der Waals surface area contributed by atoms with Gasteiger partial charge in [-0.15, -0.1) is 0 Å². The van der Waals surface area contributed by atoms with Crippen molar-refractivity contribution in [1.29, 1.82) is 0 Å². The topological polar surface area (TPSA) is 108 Å². The summed E-state index contributed by atoms with van der Waals surface area (Å²) in [6, 6.07) is 10.9. The highest BCUT2D eigenvalue weighted by Gasteiger charge is 2.29. The molecule has 3 N–H and O–H groups in total. The zero-order chi connectivity index (χ0) is 22.7. The molecule has 0 radical (unpaired) electrons. The molecular weight excluding hydrogens is 452 g/mol. The van der Waals surface area contributed by atoms with Gasteiger partial charge in [0.25, 0.3) is 5.91 Å². The van der Waals surface area contributed by atoms with E-state index in [1.807, 2.05) is 0 Å². The molecule has 4 rings (SSSR count). The molecule has 0 atom stereocenters. The van der Waals surface area contributed by atoms with Gasteiger partial charge in [0.05, 0.1) is 5.02 Å². The minimum Gasteiger partial charge on any atom is -0.335 e. The van der Waals surface area contributed by atoms with E-state index in [1.165, 1.54) is 22.5 Å². The lowest BCUT2D eigenvalue weighted by Crippen LogP contribution is -2.35. The lowest BCUT2D eigenvalue weighted by molar-refractivity contribution is 0.102. The third kappa shape index (κ3) is 5.40. The molecule has 0 spiro atoms. The van der Waals surface area contributed by atoms with Crippen molar-refractivity contribution in [2.24, 2.45) is 0 Å². The predicted octanol–water partition coefficient (Wildman–Crippen LogP) is 4.05. The SMILES string of the molecule is O=C(Nc1ccc(NC(=O)c2ccc(Cl)c(S(=O)(=O)N3CCCCC3)c2)cc1)NC1CC1. The highest BCUT2D eigenvalue weighted by molar-refractivity contribution is 7.89. The molecular formula is C22H25ClN4O4S. The zero-order valence-corrected chi connectivity index (χ0v) is 19.0. The number of amides is 3. The number of carbonyl (C=O) groups excluding carboxylic acids is 2. The Morgan fingerprint density at radius 2 is 1.53 bits per heavy atom. The minimum absolute atomic E-state index is 0.0602. The van der Waals surface area contributed by atoms with Crippen molar-refractivity contribution in [1.82, 2.24) is 9.62 Å². The second kappa shape index (κ2) is 9.48. The Kier molecular flexibility index (Phi) is 6.68. The van der Waals surface area contributed by atoms with Crippen molar-refractivity contribution in [2.45, 2.75) is 43.0 Å². The number of hydrogen-bond acceptors (Lipinski definition) is 4. The van der Waals surface area contributed by atoms with E-state index < -0.39 is 15.9 Å². The minimum atomic E-state index is -3.77. The molecule has 0 aromatic heterocycles. The predicted molar refractivity (Wildman–Crippen MR) is 124 cm³/mol. The first-order chi connectivity index (χ1) is 15.3. The number of carbonyl (C=O) groups is 2. The number of anilines is 2. The van der Waals surface area contributed by atoms with Crippen molar-refractivity contribution in [3.63, 3.8) is 0 Å². The smallest absolute Gasteiger partial charge is 0.319 e. The Bertz CT molecular complexity index is 1110. The van der Waals surface area contributed by atoms with Gasteiger partial charge in [0.2, 0.25) is 10.0 Å². The number of rotatable bonds is 6. The number of urea groups is 1. The molecule has 2 fully saturated rings. The Labute approximate surface area is 192 Å². The van der Waals surface area contributed by atoms with Crippen LogP contribution in [0.5, 0.6) is 0 Å². The average Bonchev–Trinajstić information content (AvgIpc) is 3.59. The van der Waals surface area contributed by atoms with Crippen molar-refractivity contribution in [2.75, 3.05) is 23.7 Å². The van der Waals surface area contributed by atoms with Crippen molar-refractivity contribution < 1.29 is 18.0 Å². The molecule has 1 aliphatic heterocycles. The fraction of sp³-hybridized carbons (Fsp3) is 0.364. The molecule has 10 heteroatoms. The Morgan fingerprint density at radius 1 is 0.906 bits per heavy atom. The van der Waals surface area contributed by atoms with Gasteiger partial charge in [0.1, 0.15) is 4.90 Å². The van der Waals surface area contributed by atoms with Gasteiger partial charge in [0, 0.05) is 36.1 Å². The van der Waals surface area contributed by atoms with Crippen LogP contribution in [0.15, 0.2) is 47.4 Å². The second-order valence-electron chi connectivity index (χ2n) is 8.01. The van der Waals surface area contributed by atoms with Crippen LogP contribution in [0, 0.1) is 0 Å². The number of benzene rings is 2. The van der Waals surface area contributed by atoms with Gasteiger partial charge in [-0.25, -0.2) is 13.2 Å². The molecule has 32 heavy (non-hydrogen) atoms. The lowest BCUT2D eigenvalue weighted by atomic mass is 10.2. The maximum atomic E-state index is 13.0. The monoisotopic (exact) mass is 476 g/mol. The van der Waals surface area contributed by atoms with Crippen LogP contribution in [0.1, 0.15) is 42.5 Å². The molecule has 170 valence electrons. The van der Waals surface area contributed by atoms with E-state index in [-0.39, 0.29) is 27.6 Å². The highest BCUT2D eigenvalue weighted by atomic mass is 35.5. The fourth-order valence-corrected chi connectivity index (χ4v) is 5.52. The standard InChI is InChI=1S/C22H25ClN4O4S/c23-19-11-4-15(14-20(19)32(30,31)27-12-2-1-3-13-27)21(28)24-16-5-7-17(8-6-16)25-22(29)26-18-9-10-18/h4-8,11,14,18H,1-3,9-10,12-13H2,(H,24,28)(H2,25,26,29). The van der Waals surface area contributed by atoms with Crippen LogP contribution in [0.25, 0.3) is 0 Å². The summed E-state index contributed by atoms with van der Waals surface area (Å²) in [5.41, 5.74) is 1.30. The van der Waals surface area contributed by atoms with Gasteiger partial charge in [-0.05, 0) is 68.1 Å². The van der Waals surface area contributed by atoms with Crippen LogP contribution in [0.4, 0.5) is 16.2 Å². The number of piperidine rings is 1. The van der Waals surface area contributed by atoms with Crippen LogP contribution >= 0.6 is 11.6 Å². The molecule has 1 aliphatic carbocycles. The van der Waals surface area contributed by atoms with E-state index in [1.54, 1.807) is 24.3 Å². The van der Waals surface area contributed by atoms with Gasteiger partial charge in [-0.1, -0.05) is 18.0 Å². The summed E-state index contributed by atoms with van der Waals surface area (Å²) < 4.78 is 27.4. The maximum Gasteiger partial charge on any atom is 0.319 e. The van der Waals surface area contributed by atoms with Crippen LogP contribution in [0.3, 0.4) is 0 Å².